The molecule has 3 heteroatoms. The predicted molar refractivity (Wildman–Crippen MR) is 58.1 cm³/mol. The highest BCUT2D eigenvalue weighted by Crippen LogP contribution is 2.09. The molecule has 0 aromatic carbocycles. The average Bonchev–Trinajstić information content (AvgIpc) is 2.65. The van der Waals surface area contributed by atoms with Crippen molar-refractivity contribution in [3.05, 3.63) is 12.2 Å². The normalized spacial score (nSPS) is 20.9. The highest BCUT2D eigenvalue weighted by molar-refractivity contribution is 5.82. The van der Waals surface area contributed by atoms with Crippen LogP contribution in [0.5, 0.6) is 0 Å². The molecule has 0 spiro atoms. The van der Waals surface area contributed by atoms with Gasteiger partial charge in [0.15, 0.2) is 0 Å². The lowest BCUT2D eigenvalue weighted by Crippen LogP contribution is -2.44. The second-order valence-corrected chi connectivity index (χ2v) is 3.96. The molecule has 1 N–H and O–H groups in total. The van der Waals surface area contributed by atoms with Crippen LogP contribution in [0.25, 0.3) is 0 Å². The smallest absolute Gasteiger partial charge is 0.239 e. The Balaban J connectivity index is 2.50. The zero-order valence-corrected chi connectivity index (χ0v) is 9.18. The molecule has 1 saturated heterocycles. The van der Waals surface area contributed by atoms with E-state index >= 15 is 0 Å². The van der Waals surface area contributed by atoms with Crippen LogP contribution in [0.2, 0.25) is 0 Å². The number of amides is 1. The van der Waals surface area contributed by atoms with E-state index in [4.69, 9.17) is 0 Å². The van der Waals surface area contributed by atoms with Crippen LogP contribution in [0.15, 0.2) is 12.2 Å². The summed E-state index contributed by atoms with van der Waals surface area (Å²) in [5.41, 5.74) is 1.04. The van der Waals surface area contributed by atoms with Crippen molar-refractivity contribution in [3.8, 4) is 0 Å². The maximum Gasteiger partial charge on any atom is 0.239 e. The summed E-state index contributed by atoms with van der Waals surface area (Å²) < 4.78 is 0. The van der Waals surface area contributed by atoms with Gasteiger partial charge in [0.25, 0.3) is 0 Å². The number of likely N-dealkylation sites (N-methyl/N-ethyl adjacent to an activating group) is 1. The van der Waals surface area contributed by atoms with Crippen molar-refractivity contribution in [2.75, 3.05) is 19.6 Å². The van der Waals surface area contributed by atoms with Crippen molar-refractivity contribution >= 4 is 5.91 Å². The Morgan fingerprint density at radius 2 is 2.36 bits per heavy atom. The van der Waals surface area contributed by atoms with Gasteiger partial charge in [-0.1, -0.05) is 12.2 Å². The summed E-state index contributed by atoms with van der Waals surface area (Å²) in [5, 5.41) is 3.22. The molecule has 1 aliphatic rings. The first-order valence-corrected chi connectivity index (χ1v) is 5.31. The number of carbonyl (C=O) groups is 1. The van der Waals surface area contributed by atoms with Gasteiger partial charge in [-0.05, 0) is 33.2 Å². The van der Waals surface area contributed by atoms with Crippen LogP contribution in [-0.2, 0) is 4.79 Å². The summed E-state index contributed by atoms with van der Waals surface area (Å²) in [4.78, 5) is 13.8. The third-order valence-corrected chi connectivity index (χ3v) is 2.51. The fraction of sp³-hybridized carbons (Fsp3) is 0.727. The summed E-state index contributed by atoms with van der Waals surface area (Å²) in [6.45, 7) is 10.2. The molecule has 14 heavy (non-hydrogen) atoms. The summed E-state index contributed by atoms with van der Waals surface area (Å²) in [7, 11) is 0. The first kappa shape index (κ1) is 11.2. The molecule has 0 aliphatic carbocycles. The Morgan fingerprint density at radius 1 is 1.64 bits per heavy atom. The first-order valence-electron chi connectivity index (χ1n) is 5.31. The molecule has 80 valence electrons. The molecule has 1 aliphatic heterocycles. The molecule has 1 fully saturated rings. The molecular weight excluding hydrogens is 176 g/mol. The Hall–Kier alpha value is -0.830. The van der Waals surface area contributed by atoms with E-state index in [0.29, 0.717) is 6.54 Å². The van der Waals surface area contributed by atoms with Crippen LogP contribution < -0.4 is 5.32 Å². The van der Waals surface area contributed by atoms with Gasteiger partial charge in [-0.25, -0.2) is 0 Å². The average molecular weight is 196 g/mol. The summed E-state index contributed by atoms with van der Waals surface area (Å²) in [5.74, 6) is 0.230. The van der Waals surface area contributed by atoms with Crippen molar-refractivity contribution in [2.45, 2.75) is 32.7 Å². The van der Waals surface area contributed by atoms with Gasteiger partial charge in [-0.3, -0.25) is 4.79 Å². The van der Waals surface area contributed by atoms with Crippen molar-refractivity contribution in [3.63, 3.8) is 0 Å². The van der Waals surface area contributed by atoms with E-state index in [1.807, 2.05) is 18.7 Å². The van der Waals surface area contributed by atoms with E-state index < -0.39 is 0 Å². The van der Waals surface area contributed by atoms with Crippen LogP contribution in [0.1, 0.15) is 26.7 Å². The lowest BCUT2D eigenvalue weighted by Gasteiger charge is -2.24. The minimum Gasteiger partial charge on any atom is -0.338 e. The zero-order valence-electron chi connectivity index (χ0n) is 9.18. The highest BCUT2D eigenvalue weighted by Gasteiger charge is 2.25. The number of hydrogen-bond acceptors (Lipinski definition) is 2. The maximum atomic E-state index is 11.9. The molecule has 1 unspecified atom stereocenters. The first-order chi connectivity index (χ1) is 6.65. The number of hydrogen-bond donors (Lipinski definition) is 1. The fourth-order valence-electron chi connectivity index (χ4n) is 1.79. The predicted octanol–water partition coefficient (Wildman–Crippen LogP) is 1.16. The molecule has 1 rings (SSSR count). The second-order valence-electron chi connectivity index (χ2n) is 3.96. The quantitative estimate of drug-likeness (QED) is 0.684. The minimum atomic E-state index is 0.0503. The van der Waals surface area contributed by atoms with Gasteiger partial charge < -0.3 is 10.2 Å². The molecule has 0 bridgehead atoms. The van der Waals surface area contributed by atoms with E-state index in [1.54, 1.807) is 0 Å². The summed E-state index contributed by atoms with van der Waals surface area (Å²) in [6.07, 6.45) is 2.09. The van der Waals surface area contributed by atoms with Gasteiger partial charge >= 0.3 is 0 Å². The lowest BCUT2D eigenvalue weighted by atomic mass is 10.2. The van der Waals surface area contributed by atoms with Crippen molar-refractivity contribution < 1.29 is 4.79 Å². The topological polar surface area (TPSA) is 32.3 Å². The van der Waals surface area contributed by atoms with Crippen LogP contribution in [0.3, 0.4) is 0 Å². The molecule has 1 atom stereocenters. The standard InChI is InChI=1S/C11H20N2O/c1-4-13(8-9(2)3)11(14)10-6-5-7-12-10/h10,12H,2,4-8H2,1,3H3. The van der Waals surface area contributed by atoms with Crippen molar-refractivity contribution in [1.82, 2.24) is 10.2 Å². The maximum absolute atomic E-state index is 11.9. The fourth-order valence-corrected chi connectivity index (χ4v) is 1.79. The molecule has 0 aromatic rings. The zero-order chi connectivity index (χ0) is 10.6. The number of carbonyl (C=O) groups excluding carboxylic acids is 1. The summed E-state index contributed by atoms with van der Waals surface area (Å²) in [6, 6.07) is 0.0503. The Kier molecular flexibility index (Phi) is 4.14. The van der Waals surface area contributed by atoms with Gasteiger partial charge in [0.2, 0.25) is 5.91 Å². The van der Waals surface area contributed by atoms with Gasteiger partial charge in [-0.15, -0.1) is 0 Å². The Morgan fingerprint density at radius 3 is 2.79 bits per heavy atom. The van der Waals surface area contributed by atoms with E-state index in [9.17, 15) is 4.79 Å². The third-order valence-electron chi connectivity index (χ3n) is 2.51. The molecule has 0 radical (unpaired) electrons. The third kappa shape index (κ3) is 2.84. The van der Waals surface area contributed by atoms with Crippen LogP contribution >= 0.6 is 0 Å². The number of nitrogens with zero attached hydrogens (tertiary/aromatic N) is 1. The lowest BCUT2D eigenvalue weighted by molar-refractivity contribution is -0.132. The molecular formula is C11H20N2O. The largest absolute Gasteiger partial charge is 0.338 e. The minimum absolute atomic E-state index is 0.0503. The van der Waals surface area contributed by atoms with Crippen LogP contribution in [0, 0.1) is 0 Å². The van der Waals surface area contributed by atoms with Crippen molar-refractivity contribution in [2.24, 2.45) is 0 Å². The molecule has 1 amide bonds. The monoisotopic (exact) mass is 196 g/mol. The Bertz CT molecular complexity index is 219. The van der Waals surface area contributed by atoms with Gasteiger partial charge in [0.1, 0.15) is 0 Å². The summed E-state index contributed by atoms with van der Waals surface area (Å²) >= 11 is 0. The van der Waals surface area contributed by atoms with Crippen LogP contribution in [-0.4, -0.2) is 36.5 Å². The van der Waals surface area contributed by atoms with E-state index in [0.717, 1.165) is 31.5 Å². The highest BCUT2D eigenvalue weighted by atomic mass is 16.2. The number of nitrogens with one attached hydrogen (secondary N) is 1. The second kappa shape index (κ2) is 5.15. The van der Waals surface area contributed by atoms with Gasteiger partial charge in [-0.2, -0.15) is 0 Å². The molecule has 0 aromatic heterocycles. The van der Waals surface area contributed by atoms with Crippen LogP contribution in [0.4, 0.5) is 0 Å². The van der Waals surface area contributed by atoms with Gasteiger partial charge in [0, 0.05) is 13.1 Å². The van der Waals surface area contributed by atoms with E-state index in [-0.39, 0.29) is 11.9 Å². The van der Waals surface area contributed by atoms with E-state index in [1.165, 1.54) is 0 Å². The Labute approximate surface area is 86.2 Å². The number of rotatable bonds is 4. The molecule has 1 heterocycles. The van der Waals surface area contributed by atoms with E-state index in [2.05, 4.69) is 11.9 Å². The molecule has 3 nitrogen and oxygen atoms in total. The van der Waals surface area contributed by atoms with Gasteiger partial charge in [0.05, 0.1) is 6.04 Å². The SMILES string of the molecule is C=C(C)CN(CC)C(=O)C1CCCN1. The molecule has 0 saturated carbocycles. The van der Waals surface area contributed by atoms with Crippen molar-refractivity contribution in [1.29, 1.82) is 0 Å².